The van der Waals surface area contributed by atoms with Gasteiger partial charge in [-0.2, -0.15) is 5.10 Å². The average Bonchev–Trinajstić information content (AvgIpc) is 3.19. The van der Waals surface area contributed by atoms with Crippen molar-refractivity contribution in [1.29, 1.82) is 0 Å². The van der Waals surface area contributed by atoms with Gasteiger partial charge in [0.1, 0.15) is 11.4 Å². The van der Waals surface area contributed by atoms with Gasteiger partial charge in [-0.1, -0.05) is 0 Å². The summed E-state index contributed by atoms with van der Waals surface area (Å²) in [6.07, 6.45) is 3.11. The summed E-state index contributed by atoms with van der Waals surface area (Å²) in [4.78, 5) is 21.9. The van der Waals surface area contributed by atoms with Crippen LogP contribution >= 0.6 is 0 Å². The van der Waals surface area contributed by atoms with E-state index in [1.165, 1.54) is 0 Å². The molecule has 2 heterocycles. The molecule has 3 rings (SSSR count). The third kappa shape index (κ3) is 8.46. The molecule has 0 aliphatic carbocycles. The van der Waals surface area contributed by atoms with Gasteiger partial charge in [0.15, 0.2) is 6.23 Å². The Bertz CT molecular complexity index is 930. The van der Waals surface area contributed by atoms with Crippen LogP contribution in [-0.2, 0) is 21.3 Å². The fourth-order valence-corrected chi connectivity index (χ4v) is 3.44. The van der Waals surface area contributed by atoms with Crippen molar-refractivity contribution in [3.05, 3.63) is 36.0 Å². The topological polar surface area (TPSA) is 118 Å². The van der Waals surface area contributed by atoms with E-state index in [2.05, 4.69) is 15.2 Å². The lowest BCUT2D eigenvalue weighted by atomic mass is 9.96. The summed E-state index contributed by atoms with van der Waals surface area (Å²) in [6, 6.07) is 7.18. The molecule has 0 spiro atoms. The first-order chi connectivity index (χ1) is 16.0. The van der Waals surface area contributed by atoms with Crippen LogP contribution < -0.4 is 15.8 Å². The van der Waals surface area contributed by atoms with Crippen molar-refractivity contribution in [2.45, 2.75) is 65.4 Å². The summed E-state index contributed by atoms with van der Waals surface area (Å²) in [5.41, 5.74) is 8.12. The first-order valence-electron chi connectivity index (χ1n) is 11.6. The van der Waals surface area contributed by atoms with E-state index in [-0.39, 0.29) is 17.7 Å². The maximum atomic E-state index is 12.3. The van der Waals surface area contributed by atoms with Gasteiger partial charge in [-0.15, -0.1) is 0 Å². The van der Waals surface area contributed by atoms with Crippen molar-refractivity contribution in [3.8, 4) is 17.0 Å². The Balaban J connectivity index is 0.000000509. The van der Waals surface area contributed by atoms with Gasteiger partial charge in [0.2, 0.25) is 0 Å². The monoisotopic (exact) mass is 474 g/mol. The summed E-state index contributed by atoms with van der Waals surface area (Å²) in [7, 11) is 1.85. The lowest BCUT2D eigenvalue weighted by Gasteiger charge is -2.29. The van der Waals surface area contributed by atoms with Gasteiger partial charge >= 0.3 is 5.97 Å². The van der Waals surface area contributed by atoms with Gasteiger partial charge in [-0.3, -0.25) is 15.2 Å². The largest absolute Gasteiger partial charge is 0.475 e. The minimum Gasteiger partial charge on any atom is -0.475 e. The van der Waals surface area contributed by atoms with Crippen LogP contribution in [-0.4, -0.2) is 53.2 Å². The zero-order valence-electron chi connectivity index (χ0n) is 21.0. The van der Waals surface area contributed by atoms with Crippen molar-refractivity contribution >= 4 is 12.4 Å². The van der Waals surface area contributed by atoms with Gasteiger partial charge in [-0.25, -0.2) is 4.79 Å². The van der Waals surface area contributed by atoms with Crippen LogP contribution in [0.2, 0.25) is 0 Å². The highest BCUT2D eigenvalue weighted by Gasteiger charge is 2.24. The maximum Gasteiger partial charge on any atom is 0.338 e. The van der Waals surface area contributed by atoms with Gasteiger partial charge in [0.05, 0.1) is 17.4 Å². The number of aryl methyl sites for hydroxylation is 1. The Hall–Kier alpha value is -2.91. The first kappa shape index (κ1) is 27.3. The number of rotatable bonds is 7. The Morgan fingerprint density at radius 3 is 2.41 bits per heavy atom. The summed E-state index contributed by atoms with van der Waals surface area (Å²) in [5.74, 6) is 0.588. The van der Waals surface area contributed by atoms with Crippen molar-refractivity contribution in [2.24, 2.45) is 18.7 Å². The molecular formula is C25H38N4O5. The van der Waals surface area contributed by atoms with Crippen molar-refractivity contribution < 1.29 is 23.8 Å². The molecule has 2 aromatic rings. The number of nitrogens with two attached hydrogens (primary N) is 1. The third-order valence-electron chi connectivity index (χ3n) is 5.17. The number of hydrogen-bond acceptors (Lipinski definition) is 8. The van der Waals surface area contributed by atoms with Crippen LogP contribution in [0.5, 0.6) is 5.75 Å². The molecule has 0 bridgehead atoms. The van der Waals surface area contributed by atoms with E-state index in [0.29, 0.717) is 23.7 Å². The SMILES string of the molecule is CC(C)(C)OC=O.CC(C)OC(=O)c1ccc(OC(N)C2CCNCC2)c(-c2ccnn2C)c1. The Morgan fingerprint density at radius 1 is 1.24 bits per heavy atom. The van der Waals surface area contributed by atoms with Crippen molar-refractivity contribution in [3.63, 3.8) is 0 Å². The number of carbonyl (C=O) groups excluding carboxylic acids is 2. The van der Waals surface area contributed by atoms with E-state index in [9.17, 15) is 9.59 Å². The average molecular weight is 475 g/mol. The highest BCUT2D eigenvalue weighted by atomic mass is 16.5. The van der Waals surface area contributed by atoms with Crippen LogP contribution in [0.3, 0.4) is 0 Å². The number of ether oxygens (including phenoxy) is 3. The normalized spacial score (nSPS) is 15.2. The highest BCUT2D eigenvalue weighted by Crippen LogP contribution is 2.32. The number of hydrogen-bond donors (Lipinski definition) is 2. The molecule has 1 aromatic carbocycles. The molecule has 3 N–H and O–H groups in total. The zero-order valence-corrected chi connectivity index (χ0v) is 21.0. The number of aromatic nitrogens is 2. The fourth-order valence-electron chi connectivity index (χ4n) is 3.44. The summed E-state index contributed by atoms with van der Waals surface area (Å²) < 4.78 is 17.8. The van der Waals surface area contributed by atoms with Crippen LogP contribution in [0.25, 0.3) is 11.3 Å². The predicted octanol–water partition coefficient (Wildman–Crippen LogP) is 3.27. The van der Waals surface area contributed by atoms with Crippen LogP contribution in [0.15, 0.2) is 30.5 Å². The highest BCUT2D eigenvalue weighted by molar-refractivity contribution is 5.91. The molecule has 1 atom stereocenters. The van der Waals surface area contributed by atoms with Crippen molar-refractivity contribution in [1.82, 2.24) is 15.1 Å². The second-order valence-corrected chi connectivity index (χ2v) is 9.50. The molecule has 1 aliphatic rings. The number of esters is 1. The quantitative estimate of drug-likeness (QED) is 0.357. The molecule has 9 heteroatoms. The van der Waals surface area contributed by atoms with E-state index < -0.39 is 6.23 Å². The minimum absolute atomic E-state index is 0.179. The molecule has 1 saturated heterocycles. The number of piperidine rings is 1. The van der Waals surface area contributed by atoms with E-state index >= 15 is 0 Å². The molecule has 1 aromatic heterocycles. The molecule has 1 fully saturated rings. The first-order valence-corrected chi connectivity index (χ1v) is 11.6. The smallest absolute Gasteiger partial charge is 0.338 e. The van der Waals surface area contributed by atoms with Gasteiger partial charge in [0, 0.05) is 24.7 Å². The van der Waals surface area contributed by atoms with E-state index in [4.69, 9.17) is 15.2 Å². The number of benzene rings is 1. The molecule has 0 radical (unpaired) electrons. The Morgan fingerprint density at radius 2 is 1.91 bits per heavy atom. The number of nitrogens with one attached hydrogen (secondary N) is 1. The standard InChI is InChI=1S/C20H28N4O3.C5H10O2/c1-13(2)26-20(25)15-4-5-18(16(12-15)17-8-11-23-24(17)3)27-19(21)14-6-9-22-10-7-14;1-5(2,3)7-4-6/h4-5,8,11-14,19,22H,6-7,9-10,21H2,1-3H3;4H,1-3H3. The summed E-state index contributed by atoms with van der Waals surface area (Å²) in [6.45, 7) is 11.5. The molecule has 0 amide bonds. The maximum absolute atomic E-state index is 12.3. The molecule has 34 heavy (non-hydrogen) atoms. The van der Waals surface area contributed by atoms with E-state index in [1.807, 2.05) is 47.7 Å². The van der Waals surface area contributed by atoms with Crippen LogP contribution in [0, 0.1) is 5.92 Å². The molecule has 188 valence electrons. The lowest BCUT2D eigenvalue weighted by molar-refractivity contribution is -0.138. The lowest BCUT2D eigenvalue weighted by Crippen LogP contribution is -2.42. The van der Waals surface area contributed by atoms with Gasteiger partial charge in [-0.05, 0) is 84.8 Å². The Kier molecular flexibility index (Phi) is 10.1. The predicted molar refractivity (Wildman–Crippen MR) is 130 cm³/mol. The molecular weight excluding hydrogens is 436 g/mol. The van der Waals surface area contributed by atoms with Gasteiger partial charge < -0.3 is 19.5 Å². The van der Waals surface area contributed by atoms with Gasteiger partial charge in [0.25, 0.3) is 6.47 Å². The number of nitrogens with zero attached hydrogens (tertiary/aromatic N) is 2. The number of carbonyl (C=O) groups is 2. The summed E-state index contributed by atoms with van der Waals surface area (Å²) >= 11 is 0. The van der Waals surface area contributed by atoms with E-state index in [1.54, 1.807) is 29.1 Å². The van der Waals surface area contributed by atoms with Crippen LogP contribution in [0.1, 0.15) is 57.8 Å². The third-order valence-corrected chi connectivity index (χ3v) is 5.17. The second-order valence-electron chi connectivity index (χ2n) is 9.50. The Labute approximate surface area is 201 Å². The fraction of sp³-hybridized carbons (Fsp3) is 0.560. The molecule has 1 unspecified atom stereocenters. The second kappa shape index (κ2) is 12.5. The molecule has 0 saturated carbocycles. The zero-order chi connectivity index (χ0) is 25.3. The molecule has 1 aliphatic heterocycles. The van der Waals surface area contributed by atoms with Crippen LogP contribution in [0.4, 0.5) is 0 Å². The van der Waals surface area contributed by atoms with E-state index in [0.717, 1.165) is 37.2 Å². The summed E-state index contributed by atoms with van der Waals surface area (Å²) in [5, 5.41) is 7.57. The van der Waals surface area contributed by atoms with Crippen molar-refractivity contribution in [2.75, 3.05) is 13.1 Å². The minimum atomic E-state index is -0.396. The molecule has 9 nitrogen and oxygen atoms in total.